The van der Waals surface area contributed by atoms with Crippen LogP contribution >= 0.6 is 0 Å². The van der Waals surface area contributed by atoms with Crippen molar-refractivity contribution >= 4 is 0 Å². The highest BCUT2D eigenvalue weighted by Gasteiger charge is 2.34. The molecule has 0 fully saturated rings. The number of halogens is 3. The minimum atomic E-state index is -1.09. The van der Waals surface area contributed by atoms with E-state index in [-0.39, 0.29) is 29.2 Å². The molecule has 2 aromatic rings. The van der Waals surface area contributed by atoms with Gasteiger partial charge in [-0.1, -0.05) is 19.8 Å². The van der Waals surface area contributed by atoms with Crippen LogP contribution in [0.4, 0.5) is 13.2 Å². The first-order valence-corrected chi connectivity index (χ1v) is 8.20. The van der Waals surface area contributed by atoms with Gasteiger partial charge in [0.25, 0.3) is 0 Å². The van der Waals surface area contributed by atoms with E-state index < -0.39 is 17.5 Å². The Morgan fingerprint density at radius 2 is 1.54 bits per heavy atom. The molecular formula is C19H19F3O2. The Kier molecular flexibility index (Phi) is 4.69. The first-order chi connectivity index (χ1) is 11.6. The second-order valence-corrected chi connectivity index (χ2v) is 5.71. The summed E-state index contributed by atoms with van der Waals surface area (Å²) < 4.78 is 53.5. The maximum Gasteiger partial charge on any atom is 0.201 e. The number of hydrogen-bond acceptors (Lipinski definition) is 2. The minimum Gasteiger partial charge on any atom is -0.491 e. The van der Waals surface area contributed by atoms with Crippen molar-refractivity contribution in [2.45, 2.75) is 33.1 Å². The molecule has 0 atom stereocenters. The van der Waals surface area contributed by atoms with Crippen molar-refractivity contribution in [2.75, 3.05) is 13.2 Å². The monoisotopic (exact) mass is 336 g/mol. The predicted molar refractivity (Wildman–Crippen MR) is 86.9 cm³/mol. The van der Waals surface area contributed by atoms with E-state index >= 15 is 0 Å². The van der Waals surface area contributed by atoms with Gasteiger partial charge in [-0.25, -0.2) is 8.78 Å². The van der Waals surface area contributed by atoms with Crippen LogP contribution in [0.25, 0.3) is 22.3 Å². The Bertz CT molecular complexity index is 772. The van der Waals surface area contributed by atoms with Crippen molar-refractivity contribution in [3.63, 3.8) is 0 Å². The van der Waals surface area contributed by atoms with Crippen molar-refractivity contribution < 1.29 is 22.6 Å². The molecule has 3 rings (SSSR count). The van der Waals surface area contributed by atoms with Crippen LogP contribution in [0.3, 0.4) is 0 Å². The van der Waals surface area contributed by atoms with E-state index in [1.165, 1.54) is 12.1 Å². The normalized spacial score (nSPS) is 11.5. The van der Waals surface area contributed by atoms with Gasteiger partial charge in [0, 0.05) is 11.1 Å². The molecule has 5 heteroatoms. The van der Waals surface area contributed by atoms with Gasteiger partial charge in [-0.3, -0.25) is 0 Å². The van der Waals surface area contributed by atoms with Crippen molar-refractivity contribution in [1.29, 1.82) is 0 Å². The Hall–Kier alpha value is -2.17. The van der Waals surface area contributed by atoms with Crippen LogP contribution in [-0.2, 0) is 0 Å². The molecule has 0 unspecified atom stereocenters. The quantitative estimate of drug-likeness (QED) is 0.514. The highest BCUT2D eigenvalue weighted by atomic mass is 19.2. The zero-order chi connectivity index (χ0) is 17.3. The van der Waals surface area contributed by atoms with Crippen molar-refractivity contribution in [3.05, 3.63) is 35.7 Å². The summed E-state index contributed by atoms with van der Waals surface area (Å²) in [4.78, 5) is 0. The first-order valence-electron chi connectivity index (χ1n) is 8.20. The van der Waals surface area contributed by atoms with Gasteiger partial charge in [0.1, 0.15) is 0 Å². The molecule has 2 nitrogen and oxygen atoms in total. The molecule has 1 aliphatic rings. The lowest BCUT2D eigenvalue weighted by molar-refractivity contribution is 0.292. The van der Waals surface area contributed by atoms with Crippen LogP contribution < -0.4 is 9.47 Å². The molecule has 24 heavy (non-hydrogen) atoms. The van der Waals surface area contributed by atoms with Crippen molar-refractivity contribution in [2.24, 2.45) is 0 Å². The minimum absolute atomic E-state index is 0.0394. The topological polar surface area (TPSA) is 18.5 Å². The standard InChI is InChI=1S/C19H19F3O2/c1-3-5-6-9-24-13-8-7-11-12-10-14(23-4-2)18(21)19(22)16(12)15(11)17(13)20/h7-8,10H,3-6,9H2,1-2H3. The van der Waals surface area contributed by atoms with E-state index in [1.807, 2.05) is 0 Å². The van der Waals surface area contributed by atoms with Crippen LogP contribution in [0, 0.1) is 17.5 Å². The molecule has 0 radical (unpaired) electrons. The fourth-order valence-corrected chi connectivity index (χ4v) is 2.93. The molecule has 128 valence electrons. The molecule has 0 heterocycles. The summed E-state index contributed by atoms with van der Waals surface area (Å²) >= 11 is 0. The van der Waals surface area contributed by atoms with Gasteiger partial charge in [0.2, 0.25) is 5.82 Å². The molecule has 2 aromatic carbocycles. The number of fused-ring (bicyclic) bond motifs is 4. The number of benzene rings is 2. The molecule has 0 saturated heterocycles. The van der Waals surface area contributed by atoms with Crippen molar-refractivity contribution in [3.8, 4) is 33.8 Å². The Labute approximate surface area is 139 Å². The fourth-order valence-electron chi connectivity index (χ4n) is 2.93. The average molecular weight is 336 g/mol. The lowest BCUT2D eigenvalue weighted by atomic mass is 9.79. The van der Waals surface area contributed by atoms with Crippen LogP contribution in [0.5, 0.6) is 11.5 Å². The Balaban J connectivity index is 1.93. The second-order valence-electron chi connectivity index (χ2n) is 5.71. The van der Waals surface area contributed by atoms with Gasteiger partial charge >= 0.3 is 0 Å². The van der Waals surface area contributed by atoms with Gasteiger partial charge in [-0.15, -0.1) is 0 Å². The molecule has 0 aromatic heterocycles. The van der Waals surface area contributed by atoms with Gasteiger partial charge in [0.05, 0.1) is 13.2 Å². The van der Waals surface area contributed by atoms with Gasteiger partial charge in [-0.2, -0.15) is 4.39 Å². The van der Waals surface area contributed by atoms with E-state index in [1.54, 1.807) is 13.0 Å². The molecule has 0 amide bonds. The molecule has 0 bridgehead atoms. The summed E-state index contributed by atoms with van der Waals surface area (Å²) in [5.74, 6) is -2.89. The summed E-state index contributed by atoms with van der Waals surface area (Å²) in [5, 5.41) is 0. The van der Waals surface area contributed by atoms with Crippen LogP contribution in [-0.4, -0.2) is 13.2 Å². The van der Waals surface area contributed by atoms with E-state index in [2.05, 4.69) is 6.92 Å². The summed E-state index contributed by atoms with van der Waals surface area (Å²) in [7, 11) is 0. The number of ether oxygens (including phenoxy) is 2. The lowest BCUT2D eigenvalue weighted by Gasteiger charge is -2.27. The fraction of sp³-hybridized carbons (Fsp3) is 0.368. The largest absolute Gasteiger partial charge is 0.491 e. The Morgan fingerprint density at radius 3 is 2.25 bits per heavy atom. The zero-order valence-electron chi connectivity index (χ0n) is 13.7. The van der Waals surface area contributed by atoms with Gasteiger partial charge in [0.15, 0.2) is 23.1 Å². The predicted octanol–water partition coefficient (Wildman–Crippen LogP) is 5.72. The molecular weight excluding hydrogens is 317 g/mol. The van der Waals surface area contributed by atoms with E-state index in [0.717, 1.165) is 19.3 Å². The van der Waals surface area contributed by atoms with E-state index in [4.69, 9.17) is 9.47 Å². The van der Waals surface area contributed by atoms with Crippen LogP contribution in [0.1, 0.15) is 33.1 Å². The molecule has 0 saturated carbocycles. The van der Waals surface area contributed by atoms with E-state index in [0.29, 0.717) is 17.7 Å². The number of hydrogen-bond donors (Lipinski definition) is 0. The number of rotatable bonds is 7. The second kappa shape index (κ2) is 6.75. The lowest BCUT2D eigenvalue weighted by Crippen LogP contribution is -2.10. The first kappa shape index (κ1) is 16.7. The highest BCUT2D eigenvalue weighted by molar-refractivity contribution is 6.04. The third-order valence-corrected chi connectivity index (χ3v) is 4.13. The van der Waals surface area contributed by atoms with Crippen LogP contribution in [0.15, 0.2) is 18.2 Å². The smallest absolute Gasteiger partial charge is 0.201 e. The van der Waals surface area contributed by atoms with Crippen LogP contribution in [0.2, 0.25) is 0 Å². The summed E-state index contributed by atoms with van der Waals surface area (Å²) in [6.07, 6.45) is 2.86. The van der Waals surface area contributed by atoms with E-state index in [9.17, 15) is 13.2 Å². The molecule has 1 aliphatic carbocycles. The third-order valence-electron chi connectivity index (χ3n) is 4.13. The maximum absolute atomic E-state index is 14.6. The Morgan fingerprint density at radius 1 is 0.792 bits per heavy atom. The van der Waals surface area contributed by atoms with Gasteiger partial charge in [-0.05, 0) is 42.7 Å². The maximum atomic E-state index is 14.6. The molecule has 0 aliphatic heterocycles. The summed E-state index contributed by atoms with van der Waals surface area (Å²) in [5.41, 5.74) is 1.05. The average Bonchev–Trinajstić information content (AvgIpc) is 2.56. The number of unbranched alkanes of at least 4 members (excludes halogenated alkanes) is 2. The third kappa shape index (κ3) is 2.62. The highest BCUT2D eigenvalue weighted by Crippen LogP contribution is 2.53. The zero-order valence-corrected chi connectivity index (χ0v) is 13.7. The van der Waals surface area contributed by atoms with Gasteiger partial charge < -0.3 is 9.47 Å². The SMILES string of the molecule is CCCCCOc1ccc2c(c1F)-c1c-2cc(OCC)c(F)c1F. The molecule has 0 spiro atoms. The molecule has 0 N–H and O–H groups in total. The van der Waals surface area contributed by atoms with Crippen molar-refractivity contribution in [1.82, 2.24) is 0 Å². The summed E-state index contributed by atoms with van der Waals surface area (Å²) in [6.45, 7) is 4.38. The summed E-state index contributed by atoms with van der Waals surface area (Å²) in [6, 6.07) is 4.62.